The Labute approximate surface area is 214 Å². The third kappa shape index (κ3) is 7.00. The summed E-state index contributed by atoms with van der Waals surface area (Å²) in [6, 6.07) is 16.2. The van der Waals surface area contributed by atoms with Crippen LogP contribution in [0, 0.1) is 22.7 Å². The number of nitriles is 1. The molecule has 0 aliphatic carbocycles. The summed E-state index contributed by atoms with van der Waals surface area (Å²) < 4.78 is 5.15. The summed E-state index contributed by atoms with van der Waals surface area (Å²) in [6.07, 6.45) is 1.71. The van der Waals surface area contributed by atoms with Crippen molar-refractivity contribution in [2.24, 2.45) is 11.3 Å². The summed E-state index contributed by atoms with van der Waals surface area (Å²) in [7, 11) is 1.39. The van der Waals surface area contributed by atoms with E-state index in [0.717, 1.165) is 17.5 Å². The molecule has 7 nitrogen and oxygen atoms in total. The molecule has 0 radical (unpaired) electrons. The number of ether oxygens (including phenoxy) is 1. The van der Waals surface area contributed by atoms with Gasteiger partial charge < -0.3 is 20.5 Å². The fraction of sp³-hybridized carbons (Fsp3) is 0.483. The number of aromatic hydroxyl groups is 1. The molecule has 0 heterocycles. The standard InChI is InChI=1S/C29H39N3O4/c1-8-28(5,19-29(6,25(34)36-7)17-20(2)18-30)22-11-9-10-21(16-22)27(3,4)32-26(35)31-23-12-14-24(33)15-13-23/h9-16,20,33H,8,17,19H2,1-7H3,(H2,31,32,35). The van der Waals surface area contributed by atoms with Crippen molar-refractivity contribution in [3.05, 3.63) is 59.7 Å². The lowest BCUT2D eigenvalue weighted by Crippen LogP contribution is -2.43. The van der Waals surface area contributed by atoms with Gasteiger partial charge in [0.25, 0.3) is 0 Å². The van der Waals surface area contributed by atoms with Gasteiger partial charge in [-0.15, -0.1) is 0 Å². The van der Waals surface area contributed by atoms with Crippen LogP contribution in [0.5, 0.6) is 5.75 Å². The highest BCUT2D eigenvalue weighted by molar-refractivity contribution is 5.89. The molecule has 3 atom stereocenters. The van der Waals surface area contributed by atoms with Gasteiger partial charge in [-0.25, -0.2) is 4.79 Å². The fourth-order valence-corrected chi connectivity index (χ4v) is 4.83. The average molecular weight is 494 g/mol. The molecular weight excluding hydrogens is 454 g/mol. The molecule has 3 unspecified atom stereocenters. The predicted octanol–water partition coefficient (Wildman–Crippen LogP) is 6.24. The Hall–Kier alpha value is -3.53. The summed E-state index contributed by atoms with van der Waals surface area (Å²) in [5, 5.41) is 24.6. The predicted molar refractivity (Wildman–Crippen MR) is 142 cm³/mol. The Kier molecular flexibility index (Phi) is 9.15. The molecule has 0 saturated carbocycles. The minimum atomic E-state index is -0.817. The second kappa shape index (κ2) is 11.5. The van der Waals surface area contributed by atoms with E-state index in [4.69, 9.17) is 4.74 Å². The normalized spacial score (nSPS) is 15.5. The summed E-state index contributed by atoms with van der Waals surface area (Å²) in [4.78, 5) is 25.5. The van der Waals surface area contributed by atoms with Gasteiger partial charge in [0.2, 0.25) is 0 Å². The lowest BCUT2D eigenvalue weighted by molar-refractivity contribution is -0.154. The number of urea groups is 1. The van der Waals surface area contributed by atoms with Crippen LogP contribution in [0.3, 0.4) is 0 Å². The second-order valence-electron chi connectivity index (χ2n) is 10.7. The zero-order valence-electron chi connectivity index (χ0n) is 22.4. The van der Waals surface area contributed by atoms with Crippen LogP contribution in [0.2, 0.25) is 0 Å². The van der Waals surface area contributed by atoms with Crippen molar-refractivity contribution in [2.75, 3.05) is 12.4 Å². The number of phenols is 1. The van der Waals surface area contributed by atoms with Gasteiger partial charge >= 0.3 is 12.0 Å². The quantitative estimate of drug-likeness (QED) is 0.268. The van der Waals surface area contributed by atoms with Crippen LogP contribution in [-0.4, -0.2) is 24.2 Å². The number of benzene rings is 2. The smallest absolute Gasteiger partial charge is 0.319 e. The van der Waals surface area contributed by atoms with Crippen LogP contribution in [0.1, 0.15) is 71.9 Å². The third-order valence-electron chi connectivity index (χ3n) is 7.05. The number of methoxy groups -OCH3 is 1. The number of carbonyl (C=O) groups is 2. The van der Waals surface area contributed by atoms with Crippen LogP contribution >= 0.6 is 0 Å². The zero-order valence-corrected chi connectivity index (χ0v) is 22.4. The first-order chi connectivity index (χ1) is 16.8. The van der Waals surface area contributed by atoms with E-state index in [0.29, 0.717) is 18.5 Å². The lowest BCUT2D eigenvalue weighted by Gasteiger charge is -2.39. The van der Waals surface area contributed by atoms with Gasteiger partial charge in [-0.1, -0.05) is 38.1 Å². The molecule has 0 spiro atoms. The molecular formula is C29H39N3O4. The number of hydrogen-bond acceptors (Lipinski definition) is 5. The summed E-state index contributed by atoms with van der Waals surface area (Å²) in [5.41, 5.74) is 0.678. The van der Waals surface area contributed by atoms with Crippen LogP contribution in [-0.2, 0) is 20.5 Å². The van der Waals surface area contributed by atoms with Crippen molar-refractivity contribution in [1.29, 1.82) is 5.26 Å². The van der Waals surface area contributed by atoms with Crippen molar-refractivity contribution in [3.8, 4) is 11.8 Å². The first-order valence-electron chi connectivity index (χ1n) is 12.3. The van der Waals surface area contributed by atoms with E-state index in [1.807, 2.05) is 45.9 Å². The Balaban J connectivity index is 2.31. The Morgan fingerprint density at radius 3 is 2.25 bits per heavy atom. The summed E-state index contributed by atoms with van der Waals surface area (Å²) in [6.45, 7) is 11.8. The van der Waals surface area contributed by atoms with E-state index in [1.54, 1.807) is 12.1 Å². The minimum absolute atomic E-state index is 0.127. The van der Waals surface area contributed by atoms with Crippen molar-refractivity contribution < 1.29 is 19.4 Å². The first kappa shape index (κ1) is 28.7. The molecule has 36 heavy (non-hydrogen) atoms. The Morgan fingerprint density at radius 2 is 1.69 bits per heavy atom. The van der Waals surface area contributed by atoms with Crippen LogP contribution in [0.4, 0.5) is 10.5 Å². The molecule has 2 aromatic rings. The maximum atomic E-state index is 12.8. The number of nitrogens with one attached hydrogen (secondary N) is 2. The molecule has 0 saturated heterocycles. The molecule has 2 rings (SSSR count). The SMILES string of the molecule is CCC(C)(CC(C)(CC(C)C#N)C(=O)OC)c1cccc(C(C)(C)NC(=O)Nc2ccc(O)cc2)c1. The highest BCUT2D eigenvalue weighted by Crippen LogP contribution is 2.44. The fourth-order valence-electron chi connectivity index (χ4n) is 4.83. The number of carbonyl (C=O) groups excluding carboxylic acids is 2. The molecule has 0 aliphatic heterocycles. The topological polar surface area (TPSA) is 111 Å². The van der Waals surface area contributed by atoms with Crippen LogP contribution in [0.15, 0.2) is 48.5 Å². The largest absolute Gasteiger partial charge is 0.508 e. The number of amides is 2. The third-order valence-corrected chi connectivity index (χ3v) is 7.05. The number of rotatable bonds is 10. The van der Waals surface area contributed by atoms with E-state index in [2.05, 4.69) is 36.6 Å². The van der Waals surface area contributed by atoms with E-state index in [-0.39, 0.29) is 29.1 Å². The van der Waals surface area contributed by atoms with Crippen molar-refractivity contribution >= 4 is 17.7 Å². The van der Waals surface area contributed by atoms with E-state index in [9.17, 15) is 20.0 Å². The monoisotopic (exact) mass is 493 g/mol. The molecule has 7 heteroatoms. The van der Waals surface area contributed by atoms with Gasteiger partial charge in [0.1, 0.15) is 5.75 Å². The molecule has 2 amide bonds. The van der Waals surface area contributed by atoms with Gasteiger partial charge in [0.15, 0.2) is 0 Å². The highest BCUT2D eigenvalue weighted by Gasteiger charge is 2.43. The summed E-state index contributed by atoms with van der Waals surface area (Å²) in [5.74, 6) is -0.465. The van der Waals surface area contributed by atoms with Gasteiger partial charge in [-0.3, -0.25) is 4.79 Å². The van der Waals surface area contributed by atoms with Crippen molar-refractivity contribution in [3.63, 3.8) is 0 Å². The maximum Gasteiger partial charge on any atom is 0.319 e. The van der Waals surface area contributed by atoms with Crippen LogP contribution in [0.25, 0.3) is 0 Å². The number of hydrogen-bond donors (Lipinski definition) is 3. The molecule has 0 bridgehead atoms. The first-order valence-corrected chi connectivity index (χ1v) is 12.3. The van der Waals surface area contributed by atoms with Crippen LogP contribution < -0.4 is 10.6 Å². The van der Waals surface area contributed by atoms with Gasteiger partial charge in [-0.2, -0.15) is 5.26 Å². The molecule has 3 N–H and O–H groups in total. The van der Waals surface area contributed by atoms with Gasteiger partial charge in [-0.05, 0) is 87.8 Å². The number of anilines is 1. The molecule has 2 aromatic carbocycles. The zero-order chi connectivity index (χ0) is 27.1. The lowest BCUT2D eigenvalue weighted by atomic mass is 9.65. The van der Waals surface area contributed by atoms with Gasteiger partial charge in [0, 0.05) is 11.6 Å². The molecule has 0 fully saturated rings. The molecule has 194 valence electrons. The number of esters is 1. The number of phenolic OH excluding ortho intramolecular Hbond substituents is 1. The van der Waals surface area contributed by atoms with Crippen molar-refractivity contribution in [1.82, 2.24) is 5.32 Å². The molecule has 0 aromatic heterocycles. The second-order valence-corrected chi connectivity index (χ2v) is 10.7. The number of nitrogens with zero attached hydrogens (tertiary/aromatic N) is 1. The maximum absolute atomic E-state index is 12.8. The van der Waals surface area contributed by atoms with Crippen molar-refractivity contribution in [2.45, 2.75) is 71.8 Å². The average Bonchev–Trinajstić information content (AvgIpc) is 2.84. The minimum Gasteiger partial charge on any atom is -0.508 e. The Morgan fingerprint density at radius 1 is 1.08 bits per heavy atom. The molecule has 0 aliphatic rings. The Bertz CT molecular complexity index is 1110. The van der Waals surface area contributed by atoms with Gasteiger partial charge in [0.05, 0.1) is 24.1 Å². The highest BCUT2D eigenvalue weighted by atomic mass is 16.5. The van der Waals surface area contributed by atoms with E-state index < -0.39 is 11.0 Å². The summed E-state index contributed by atoms with van der Waals surface area (Å²) >= 11 is 0. The van der Waals surface area contributed by atoms with E-state index >= 15 is 0 Å². The van der Waals surface area contributed by atoms with E-state index in [1.165, 1.54) is 19.2 Å².